The van der Waals surface area contributed by atoms with E-state index in [0.717, 1.165) is 37.9 Å². The molecule has 0 aliphatic heterocycles. The first-order valence-corrected chi connectivity index (χ1v) is 27.2. The molecule has 0 aromatic rings. The Morgan fingerprint density at radius 2 is 0.268 bits per heavy atom. The van der Waals surface area contributed by atoms with Crippen LogP contribution in [-0.2, 0) is 90.0 Å². The summed E-state index contributed by atoms with van der Waals surface area (Å²) >= 11 is 0. The molecule has 0 amide bonds. The molecule has 2 unspecified atom stereocenters. The molecule has 0 saturated carbocycles. The lowest BCUT2D eigenvalue weighted by molar-refractivity contribution is -0.0312. The Bertz CT molecular complexity index is 863. The molecule has 0 rings (SSSR count). The van der Waals surface area contributed by atoms with Crippen molar-refractivity contribution in [1.82, 2.24) is 0 Å². The topological polar surface area (TPSA) is 175 Å². The Kier molecular flexibility index (Phi) is 64.7. The molecule has 71 heavy (non-hydrogen) atoms. The monoisotopic (exact) mass is 1030 g/mol. The highest BCUT2D eigenvalue weighted by Gasteiger charge is 2.06. The van der Waals surface area contributed by atoms with Crippen molar-refractivity contribution in [3.05, 3.63) is 0 Å². The van der Waals surface area contributed by atoms with Gasteiger partial charge in [-0.2, -0.15) is 0 Å². The average molecular weight is 1040 g/mol. The maximum Gasteiger partial charge on any atom is 0.0701 e. The van der Waals surface area contributed by atoms with Crippen LogP contribution in [0.2, 0.25) is 0 Å². The summed E-state index contributed by atoms with van der Waals surface area (Å²) in [6.45, 7) is 29.5. The van der Waals surface area contributed by atoms with E-state index in [0.29, 0.717) is 238 Å². The minimum absolute atomic E-state index is 0.497. The van der Waals surface area contributed by atoms with Crippen LogP contribution >= 0.6 is 0 Å². The third kappa shape index (κ3) is 61.7. The largest absolute Gasteiger partial charge is 0.379 e. The number of hydrogen-bond donors (Lipinski definition) is 0. The molecule has 0 aliphatic carbocycles. The fourth-order valence-electron chi connectivity index (χ4n) is 6.48. The first-order chi connectivity index (χ1) is 35.3. The molecule has 19 heteroatoms. The Labute approximate surface area is 431 Å². The van der Waals surface area contributed by atoms with Gasteiger partial charge in [0.1, 0.15) is 0 Å². The van der Waals surface area contributed by atoms with E-state index >= 15 is 0 Å². The molecule has 0 radical (unpaired) electrons. The maximum atomic E-state index is 5.67. The van der Waals surface area contributed by atoms with E-state index in [2.05, 4.69) is 27.7 Å². The van der Waals surface area contributed by atoms with Crippen LogP contribution in [0.25, 0.3) is 0 Å². The first-order valence-electron chi connectivity index (χ1n) is 27.2. The van der Waals surface area contributed by atoms with E-state index in [9.17, 15) is 0 Å². The van der Waals surface area contributed by atoms with Crippen LogP contribution in [0.1, 0.15) is 79.1 Å². The second kappa shape index (κ2) is 65.4. The van der Waals surface area contributed by atoms with Crippen molar-refractivity contribution >= 4 is 0 Å². The van der Waals surface area contributed by atoms with Gasteiger partial charge < -0.3 is 90.0 Å². The highest BCUT2D eigenvalue weighted by Crippen LogP contribution is 2.15. The Morgan fingerprint density at radius 1 is 0.155 bits per heavy atom. The molecule has 2 atom stereocenters. The predicted octanol–water partition coefficient (Wildman–Crippen LogP) is 5.73. The Hall–Kier alpha value is -0.760. The molecule has 428 valence electrons. The first kappa shape index (κ1) is 70.2. The van der Waals surface area contributed by atoms with Crippen molar-refractivity contribution in [1.29, 1.82) is 0 Å². The van der Waals surface area contributed by atoms with Gasteiger partial charge in [0.05, 0.1) is 238 Å². The van der Waals surface area contributed by atoms with Gasteiger partial charge in [-0.3, -0.25) is 0 Å². The summed E-state index contributed by atoms with van der Waals surface area (Å²) in [5.74, 6) is 1.56. The molecule has 0 fully saturated rings. The zero-order valence-electron chi connectivity index (χ0n) is 45.4. The molecule has 0 aromatic carbocycles. The third-order valence-electron chi connectivity index (χ3n) is 10.6. The van der Waals surface area contributed by atoms with Gasteiger partial charge in [-0.1, -0.05) is 66.2 Å². The molecule has 0 spiro atoms. The molecular formula is C52H106O19. The molecule has 0 bridgehead atoms. The van der Waals surface area contributed by atoms with Gasteiger partial charge in [0, 0.05) is 13.2 Å². The summed E-state index contributed by atoms with van der Waals surface area (Å²) in [6, 6.07) is 0. The lowest BCUT2D eigenvalue weighted by Gasteiger charge is -2.13. The van der Waals surface area contributed by atoms with E-state index < -0.39 is 0 Å². The Balaban J connectivity index is 3.10. The third-order valence-corrected chi connectivity index (χ3v) is 10.6. The second-order valence-electron chi connectivity index (χ2n) is 16.3. The summed E-state index contributed by atoms with van der Waals surface area (Å²) in [5, 5.41) is 0. The van der Waals surface area contributed by atoms with Gasteiger partial charge in [-0.25, -0.2) is 0 Å². The summed E-state index contributed by atoms with van der Waals surface area (Å²) < 4.78 is 105. The van der Waals surface area contributed by atoms with Crippen molar-refractivity contribution in [3.63, 3.8) is 0 Å². The normalized spacial score (nSPS) is 12.7. The fraction of sp³-hybridized carbons (Fsp3) is 1.00. The van der Waals surface area contributed by atoms with Crippen LogP contribution < -0.4 is 0 Å². The predicted molar refractivity (Wildman–Crippen MR) is 272 cm³/mol. The Morgan fingerprint density at radius 3 is 0.366 bits per heavy atom. The van der Waals surface area contributed by atoms with E-state index in [1.165, 1.54) is 38.5 Å². The standard InChI is InChI=1S/C52H106O19/c1-5-9-51(7-3)11-13-53-15-17-55-19-21-57-23-25-59-27-29-61-31-33-63-35-37-65-39-41-67-43-45-69-47-49-71-50-48-70-46-44-68-42-40-66-38-36-64-34-32-62-30-28-60-26-24-58-22-20-56-18-16-54-14-12-52(8-4)10-6-2/h51-52H,5-50H2,1-4H3. The van der Waals surface area contributed by atoms with E-state index in [1.807, 2.05) is 0 Å². The minimum atomic E-state index is 0.497. The van der Waals surface area contributed by atoms with Gasteiger partial charge in [0.15, 0.2) is 0 Å². The second-order valence-corrected chi connectivity index (χ2v) is 16.3. The lowest BCUT2D eigenvalue weighted by atomic mass is 9.98. The number of rotatable bonds is 66. The van der Waals surface area contributed by atoms with Crippen LogP contribution in [0.4, 0.5) is 0 Å². The van der Waals surface area contributed by atoms with Crippen LogP contribution in [0.5, 0.6) is 0 Å². The summed E-state index contributed by atoms with van der Waals surface area (Å²) in [4.78, 5) is 0. The van der Waals surface area contributed by atoms with E-state index in [4.69, 9.17) is 90.0 Å². The smallest absolute Gasteiger partial charge is 0.0701 e. The van der Waals surface area contributed by atoms with Crippen molar-refractivity contribution < 1.29 is 90.0 Å². The molecule has 0 aliphatic rings. The zero-order chi connectivity index (χ0) is 51.1. The maximum absolute atomic E-state index is 5.67. The molecule has 0 N–H and O–H groups in total. The summed E-state index contributed by atoms with van der Waals surface area (Å²) in [5.41, 5.74) is 0. The number of ether oxygens (including phenoxy) is 19. The van der Waals surface area contributed by atoms with Crippen LogP contribution in [-0.4, -0.2) is 251 Å². The van der Waals surface area contributed by atoms with E-state index in [1.54, 1.807) is 0 Å². The molecule has 0 heterocycles. The minimum Gasteiger partial charge on any atom is -0.379 e. The molecular weight excluding hydrogens is 929 g/mol. The molecule has 0 aromatic heterocycles. The van der Waals surface area contributed by atoms with Gasteiger partial charge in [-0.05, 0) is 24.7 Å². The van der Waals surface area contributed by atoms with Gasteiger partial charge >= 0.3 is 0 Å². The number of hydrogen-bond acceptors (Lipinski definition) is 19. The average Bonchev–Trinajstić information content (AvgIpc) is 3.38. The highest BCUT2D eigenvalue weighted by molar-refractivity contribution is 4.57. The molecule has 19 nitrogen and oxygen atoms in total. The van der Waals surface area contributed by atoms with Crippen molar-refractivity contribution in [2.24, 2.45) is 11.8 Å². The van der Waals surface area contributed by atoms with E-state index in [-0.39, 0.29) is 0 Å². The van der Waals surface area contributed by atoms with Gasteiger partial charge in [0.25, 0.3) is 0 Å². The fourth-order valence-corrected chi connectivity index (χ4v) is 6.48. The quantitative estimate of drug-likeness (QED) is 0.0675. The summed E-state index contributed by atoms with van der Waals surface area (Å²) in [7, 11) is 0. The highest BCUT2D eigenvalue weighted by atomic mass is 16.6. The van der Waals surface area contributed by atoms with Crippen molar-refractivity contribution in [3.8, 4) is 0 Å². The molecule has 0 saturated heterocycles. The van der Waals surface area contributed by atoms with Crippen molar-refractivity contribution in [2.45, 2.75) is 79.1 Å². The van der Waals surface area contributed by atoms with Gasteiger partial charge in [-0.15, -0.1) is 0 Å². The zero-order valence-corrected chi connectivity index (χ0v) is 45.4. The van der Waals surface area contributed by atoms with Crippen LogP contribution in [0.3, 0.4) is 0 Å². The lowest BCUT2D eigenvalue weighted by Crippen LogP contribution is -2.16. The van der Waals surface area contributed by atoms with Crippen LogP contribution in [0, 0.1) is 11.8 Å². The summed E-state index contributed by atoms with van der Waals surface area (Å²) in [6.07, 6.45) is 9.78. The SMILES string of the molecule is CCCC(CC)CCOCCOCCOCCOCCOCCOCCOCCOCCOCCOCCOCCOCCOCCOCCOCCOCCOCCOCCOCCC(CC)CCC. The van der Waals surface area contributed by atoms with Crippen molar-refractivity contribution in [2.75, 3.05) is 251 Å². The van der Waals surface area contributed by atoms with Crippen LogP contribution in [0.15, 0.2) is 0 Å². The van der Waals surface area contributed by atoms with Gasteiger partial charge in [0.2, 0.25) is 0 Å².